The van der Waals surface area contributed by atoms with Gasteiger partial charge in [0.1, 0.15) is 17.0 Å². The highest BCUT2D eigenvalue weighted by molar-refractivity contribution is 6.29. The number of carbonyl (C=O) groups excluding carboxylic acids is 2. The van der Waals surface area contributed by atoms with Gasteiger partial charge in [-0.05, 0) is 36.8 Å². The Hall–Kier alpha value is -2.84. The molecule has 0 aliphatic carbocycles. The number of aromatic nitrogens is 3. The van der Waals surface area contributed by atoms with E-state index in [-0.39, 0.29) is 29.2 Å². The van der Waals surface area contributed by atoms with E-state index >= 15 is 0 Å². The second kappa shape index (κ2) is 8.45. The van der Waals surface area contributed by atoms with E-state index in [0.29, 0.717) is 30.0 Å². The summed E-state index contributed by atoms with van der Waals surface area (Å²) in [5.74, 6) is -0.425. The maximum Gasteiger partial charge on any atom is 0.252 e. The van der Waals surface area contributed by atoms with Crippen LogP contribution in [0.4, 0.5) is 0 Å². The van der Waals surface area contributed by atoms with Gasteiger partial charge in [-0.15, -0.1) is 5.10 Å². The van der Waals surface area contributed by atoms with Gasteiger partial charge in [-0.1, -0.05) is 18.2 Å². The van der Waals surface area contributed by atoms with Crippen molar-refractivity contribution in [1.82, 2.24) is 25.4 Å². The fourth-order valence-corrected chi connectivity index (χ4v) is 3.26. The third kappa shape index (κ3) is 4.35. The van der Waals surface area contributed by atoms with E-state index in [1.807, 2.05) is 6.92 Å². The second-order valence-electron chi connectivity index (χ2n) is 6.40. The zero-order chi connectivity index (χ0) is 20.3. The summed E-state index contributed by atoms with van der Waals surface area (Å²) in [6, 6.07) is 5.06. The van der Waals surface area contributed by atoms with Crippen LogP contribution in [0.5, 0.6) is 0 Å². The van der Waals surface area contributed by atoms with E-state index < -0.39 is 0 Å². The first kappa shape index (κ1) is 19.9. The summed E-state index contributed by atoms with van der Waals surface area (Å²) in [6.07, 6.45) is 2.15. The normalized spacial score (nSPS) is 19.2. The SMILES string of the molecule is C=CC(=O)N1CC(c2cc(Cl)nc(-c3cc(C(=O)NC)cnn3)c2)O[C@@H](C)C1. The first-order valence-electron chi connectivity index (χ1n) is 8.70. The molecule has 2 aromatic rings. The molecule has 3 heterocycles. The van der Waals surface area contributed by atoms with E-state index in [1.165, 1.54) is 19.3 Å². The van der Waals surface area contributed by atoms with Gasteiger partial charge in [-0.25, -0.2) is 4.98 Å². The molecule has 28 heavy (non-hydrogen) atoms. The average molecular weight is 402 g/mol. The molecule has 0 radical (unpaired) electrons. The zero-order valence-electron chi connectivity index (χ0n) is 15.6. The lowest BCUT2D eigenvalue weighted by atomic mass is 10.1. The lowest BCUT2D eigenvalue weighted by Gasteiger charge is -2.36. The lowest BCUT2D eigenvalue weighted by molar-refractivity contribution is -0.139. The Bertz CT molecular complexity index is 920. The minimum atomic E-state index is -0.373. The number of hydrogen-bond acceptors (Lipinski definition) is 6. The first-order valence-corrected chi connectivity index (χ1v) is 9.08. The van der Waals surface area contributed by atoms with Crippen LogP contribution < -0.4 is 5.32 Å². The fraction of sp³-hybridized carbons (Fsp3) is 0.316. The highest BCUT2D eigenvalue weighted by atomic mass is 35.5. The topological polar surface area (TPSA) is 97.3 Å². The van der Waals surface area contributed by atoms with Gasteiger partial charge in [0.05, 0.1) is 30.1 Å². The zero-order valence-corrected chi connectivity index (χ0v) is 16.3. The third-order valence-corrected chi connectivity index (χ3v) is 4.53. The summed E-state index contributed by atoms with van der Waals surface area (Å²) in [4.78, 5) is 29.9. The molecular weight excluding hydrogens is 382 g/mol. The predicted molar refractivity (Wildman–Crippen MR) is 104 cm³/mol. The molecule has 1 unspecified atom stereocenters. The molecule has 8 nitrogen and oxygen atoms in total. The molecule has 0 saturated carbocycles. The summed E-state index contributed by atoms with van der Waals surface area (Å²) >= 11 is 6.22. The molecule has 1 aliphatic rings. The van der Waals surface area contributed by atoms with Crippen molar-refractivity contribution in [3.8, 4) is 11.4 Å². The van der Waals surface area contributed by atoms with Crippen LogP contribution in [0, 0.1) is 0 Å². The van der Waals surface area contributed by atoms with E-state index in [9.17, 15) is 9.59 Å². The van der Waals surface area contributed by atoms with Gasteiger partial charge in [0.15, 0.2) is 0 Å². The van der Waals surface area contributed by atoms with Crippen molar-refractivity contribution >= 4 is 23.4 Å². The highest BCUT2D eigenvalue weighted by Gasteiger charge is 2.29. The van der Waals surface area contributed by atoms with E-state index in [2.05, 4.69) is 27.1 Å². The predicted octanol–water partition coefficient (Wildman–Crippen LogP) is 2.03. The van der Waals surface area contributed by atoms with Crippen molar-refractivity contribution in [2.24, 2.45) is 0 Å². The number of rotatable bonds is 4. The monoisotopic (exact) mass is 401 g/mol. The Morgan fingerprint density at radius 3 is 2.82 bits per heavy atom. The number of carbonyl (C=O) groups is 2. The molecule has 2 amide bonds. The maximum atomic E-state index is 12.0. The Morgan fingerprint density at radius 2 is 2.11 bits per heavy atom. The molecule has 9 heteroatoms. The first-order chi connectivity index (χ1) is 13.4. The van der Waals surface area contributed by atoms with Crippen LogP contribution in [-0.4, -0.2) is 58.1 Å². The molecule has 146 valence electrons. The van der Waals surface area contributed by atoms with Crippen LogP contribution in [0.15, 0.2) is 37.1 Å². The minimum Gasteiger partial charge on any atom is -0.367 e. The average Bonchev–Trinajstić information content (AvgIpc) is 2.71. The number of halogens is 1. The molecular formula is C19H20ClN5O3. The van der Waals surface area contributed by atoms with Crippen LogP contribution in [0.3, 0.4) is 0 Å². The van der Waals surface area contributed by atoms with Gasteiger partial charge in [-0.2, -0.15) is 5.10 Å². The molecule has 1 N–H and O–H groups in total. The number of amides is 2. The van der Waals surface area contributed by atoms with Gasteiger partial charge < -0.3 is 15.0 Å². The van der Waals surface area contributed by atoms with Crippen LogP contribution in [0.25, 0.3) is 11.4 Å². The molecule has 2 atom stereocenters. The van der Waals surface area contributed by atoms with Crippen LogP contribution in [0.2, 0.25) is 5.15 Å². The fourth-order valence-electron chi connectivity index (χ4n) is 3.04. The summed E-state index contributed by atoms with van der Waals surface area (Å²) in [5, 5.41) is 10.7. The van der Waals surface area contributed by atoms with Crippen molar-refractivity contribution < 1.29 is 14.3 Å². The van der Waals surface area contributed by atoms with Gasteiger partial charge >= 0.3 is 0 Å². The van der Waals surface area contributed by atoms with Crippen LogP contribution >= 0.6 is 11.6 Å². The highest BCUT2D eigenvalue weighted by Crippen LogP contribution is 2.29. The number of ether oxygens (including phenoxy) is 1. The standard InChI is InChI=1S/C19H20ClN5O3/c1-4-18(26)25-9-11(2)28-16(10-25)12-5-14(23-17(20)7-12)15-6-13(8-22-24-15)19(27)21-3/h4-8,11,16H,1,9-10H2,2-3H3,(H,21,27)/t11-,16?/m0/s1. The van der Waals surface area contributed by atoms with Crippen molar-refractivity contribution in [2.45, 2.75) is 19.1 Å². The minimum absolute atomic E-state index is 0.144. The van der Waals surface area contributed by atoms with Gasteiger partial charge in [0, 0.05) is 13.6 Å². The van der Waals surface area contributed by atoms with Gasteiger partial charge in [0.25, 0.3) is 5.91 Å². The van der Waals surface area contributed by atoms with Crippen molar-refractivity contribution in [2.75, 3.05) is 20.1 Å². The Balaban J connectivity index is 1.94. The molecule has 0 bridgehead atoms. The summed E-state index contributed by atoms with van der Waals surface area (Å²) in [7, 11) is 1.54. The van der Waals surface area contributed by atoms with Crippen molar-refractivity contribution in [1.29, 1.82) is 0 Å². The Morgan fingerprint density at radius 1 is 1.32 bits per heavy atom. The summed E-state index contributed by atoms with van der Waals surface area (Å²) in [6.45, 7) is 6.31. The molecule has 1 saturated heterocycles. The number of pyridine rings is 1. The van der Waals surface area contributed by atoms with Crippen molar-refractivity contribution in [3.05, 3.63) is 53.3 Å². The van der Waals surface area contributed by atoms with Gasteiger partial charge in [-0.3, -0.25) is 9.59 Å². The smallest absolute Gasteiger partial charge is 0.252 e. The lowest BCUT2D eigenvalue weighted by Crippen LogP contribution is -2.45. The van der Waals surface area contributed by atoms with E-state index in [4.69, 9.17) is 16.3 Å². The van der Waals surface area contributed by atoms with E-state index in [1.54, 1.807) is 23.1 Å². The summed E-state index contributed by atoms with van der Waals surface area (Å²) < 4.78 is 6.01. The Kier molecular flexibility index (Phi) is 6.01. The Labute approximate surface area is 167 Å². The number of hydrogen-bond donors (Lipinski definition) is 1. The third-order valence-electron chi connectivity index (χ3n) is 4.34. The quantitative estimate of drug-likeness (QED) is 0.621. The summed E-state index contributed by atoms with van der Waals surface area (Å²) in [5.41, 5.74) is 1.99. The number of morpholine rings is 1. The largest absolute Gasteiger partial charge is 0.367 e. The number of nitrogens with zero attached hydrogens (tertiary/aromatic N) is 4. The van der Waals surface area contributed by atoms with E-state index in [0.717, 1.165) is 5.56 Å². The maximum absolute atomic E-state index is 12.0. The second-order valence-corrected chi connectivity index (χ2v) is 6.79. The molecule has 1 aliphatic heterocycles. The van der Waals surface area contributed by atoms with Gasteiger partial charge in [0.2, 0.25) is 5.91 Å². The van der Waals surface area contributed by atoms with Crippen LogP contribution in [0.1, 0.15) is 28.9 Å². The van der Waals surface area contributed by atoms with Crippen molar-refractivity contribution in [3.63, 3.8) is 0 Å². The molecule has 1 fully saturated rings. The number of nitrogens with one attached hydrogen (secondary N) is 1. The molecule has 0 spiro atoms. The molecule has 2 aromatic heterocycles. The molecule has 0 aromatic carbocycles. The van der Waals surface area contributed by atoms with Crippen LogP contribution in [-0.2, 0) is 9.53 Å². The molecule has 3 rings (SSSR count).